The molecule has 0 bridgehead atoms. The predicted molar refractivity (Wildman–Crippen MR) is 181 cm³/mol. The highest BCUT2D eigenvalue weighted by Gasteiger charge is 2.36. The van der Waals surface area contributed by atoms with Gasteiger partial charge in [0.15, 0.2) is 0 Å². The quantitative estimate of drug-likeness (QED) is 0.187. The molecule has 1 aliphatic rings. The Bertz CT molecular complexity index is 1760. The van der Waals surface area contributed by atoms with Crippen molar-refractivity contribution in [3.63, 3.8) is 0 Å². The Morgan fingerprint density at radius 2 is 1.66 bits per heavy atom. The number of benzene rings is 2. The molecule has 0 saturated carbocycles. The van der Waals surface area contributed by atoms with Crippen LogP contribution in [0.3, 0.4) is 0 Å². The molecule has 0 radical (unpaired) electrons. The number of likely N-dealkylation sites (tertiary alicyclic amines) is 1. The zero-order valence-electron chi connectivity index (χ0n) is 29.4. The molecule has 1 amide bonds. The van der Waals surface area contributed by atoms with Crippen LogP contribution in [-0.2, 0) is 26.9 Å². The predicted octanol–water partition coefficient (Wildman–Crippen LogP) is 6.40. The van der Waals surface area contributed by atoms with Crippen LogP contribution in [0.2, 0.25) is 0 Å². The fourth-order valence-electron chi connectivity index (χ4n) is 6.60. The number of pyridine rings is 1. The van der Waals surface area contributed by atoms with Crippen LogP contribution in [0.1, 0.15) is 72.2 Å². The molecule has 2 heterocycles. The van der Waals surface area contributed by atoms with E-state index in [4.69, 9.17) is 9.47 Å². The third kappa shape index (κ3) is 8.91. The van der Waals surface area contributed by atoms with Crippen molar-refractivity contribution in [1.29, 1.82) is 0 Å². The minimum Gasteiger partial charge on any atom is -0.497 e. The molecule has 1 saturated heterocycles. The lowest BCUT2D eigenvalue weighted by Crippen LogP contribution is -2.52. The SMILES string of the molecule is COc1cc(C)c(-c2cc(C)c(F)c(C(CC(=O)O)NC(=O)C(CC(C)C)n3cc(CCN4CC(OC)C4)c(C(F)(F)F)cc3=O)c2)c(C)c1. The molecular weight excluding hydrogens is 658 g/mol. The molecular formula is C37H45F4N3O6. The first-order valence-corrected chi connectivity index (χ1v) is 16.5. The molecule has 1 fully saturated rings. The fraction of sp³-hybridized carbons (Fsp3) is 0.486. The van der Waals surface area contributed by atoms with Crippen molar-refractivity contribution in [2.75, 3.05) is 33.9 Å². The lowest BCUT2D eigenvalue weighted by molar-refractivity contribution is -0.139. The van der Waals surface area contributed by atoms with Crippen molar-refractivity contribution >= 4 is 11.9 Å². The molecule has 4 rings (SSSR count). The summed E-state index contributed by atoms with van der Waals surface area (Å²) in [6.45, 7) is 10.3. The second-order valence-electron chi connectivity index (χ2n) is 13.5. The maximum Gasteiger partial charge on any atom is 0.416 e. The first-order valence-electron chi connectivity index (χ1n) is 16.5. The molecule has 1 aromatic heterocycles. The van der Waals surface area contributed by atoms with Crippen LogP contribution in [-0.4, -0.2) is 66.4 Å². The highest BCUT2D eigenvalue weighted by atomic mass is 19.4. The van der Waals surface area contributed by atoms with E-state index in [0.717, 1.165) is 27.5 Å². The summed E-state index contributed by atoms with van der Waals surface area (Å²) in [7, 11) is 3.11. The number of halogens is 4. The molecule has 3 aromatic rings. The Morgan fingerprint density at radius 3 is 2.20 bits per heavy atom. The number of amides is 1. The Balaban J connectivity index is 1.75. The van der Waals surface area contributed by atoms with Crippen molar-refractivity contribution in [2.45, 2.75) is 78.2 Å². The van der Waals surface area contributed by atoms with Gasteiger partial charge in [-0.25, -0.2) is 4.39 Å². The fourth-order valence-corrected chi connectivity index (χ4v) is 6.60. The highest BCUT2D eigenvalue weighted by molar-refractivity contribution is 5.82. The van der Waals surface area contributed by atoms with Gasteiger partial charge in [-0.3, -0.25) is 19.3 Å². The van der Waals surface area contributed by atoms with Crippen molar-refractivity contribution in [2.24, 2.45) is 5.92 Å². The minimum atomic E-state index is -4.80. The number of carboxylic acid groups (broad SMARTS) is 1. The first kappa shape index (κ1) is 38.6. The van der Waals surface area contributed by atoms with Gasteiger partial charge in [0, 0.05) is 44.6 Å². The number of hydrogen-bond acceptors (Lipinski definition) is 6. The van der Waals surface area contributed by atoms with Crippen molar-refractivity contribution in [1.82, 2.24) is 14.8 Å². The molecule has 0 spiro atoms. The van der Waals surface area contributed by atoms with E-state index in [9.17, 15) is 32.7 Å². The molecule has 2 unspecified atom stereocenters. The van der Waals surface area contributed by atoms with Gasteiger partial charge in [-0.15, -0.1) is 0 Å². The number of rotatable bonds is 14. The number of nitrogens with one attached hydrogen (secondary N) is 1. The number of carbonyl (C=O) groups excluding carboxylic acids is 1. The number of hydrogen-bond donors (Lipinski definition) is 2. The summed E-state index contributed by atoms with van der Waals surface area (Å²) in [5.41, 5.74) is 0.940. The number of carbonyl (C=O) groups is 2. The Labute approximate surface area is 289 Å². The molecule has 9 nitrogen and oxygen atoms in total. The van der Waals surface area contributed by atoms with Gasteiger partial charge in [0.1, 0.15) is 17.6 Å². The van der Waals surface area contributed by atoms with Crippen LogP contribution in [0, 0.1) is 32.5 Å². The molecule has 2 N–H and O–H groups in total. The van der Waals surface area contributed by atoms with Crippen LogP contribution < -0.4 is 15.6 Å². The molecule has 2 atom stereocenters. The number of carboxylic acids is 1. The average Bonchev–Trinajstić information content (AvgIpc) is 2.99. The Hall–Kier alpha value is -4.23. The summed E-state index contributed by atoms with van der Waals surface area (Å²) in [4.78, 5) is 41.4. The molecule has 272 valence electrons. The molecule has 0 aliphatic carbocycles. The molecule has 1 aliphatic heterocycles. The highest BCUT2D eigenvalue weighted by Crippen LogP contribution is 2.36. The lowest BCUT2D eigenvalue weighted by atomic mass is 9.90. The van der Waals surface area contributed by atoms with Gasteiger partial charge in [0.25, 0.3) is 5.56 Å². The van der Waals surface area contributed by atoms with Gasteiger partial charge in [-0.2, -0.15) is 13.2 Å². The lowest BCUT2D eigenvalue weighted by Gasteiger charge is -2.38. The number of ether oxygens (including phenoxy) is 2. The smallest absolute Gasteiger partial charge is 0.416 e. The van der Waals surface area contributed by atoms with Crippen molar-refractivity contribution < 1.29 is 41.7 Å². The van der Waals surface area contributed by atoms with Gasteiger partial charge >= 0.3 is 12.1 Å². The van der Waals surface area contributed by atoms with Crippen molar-refractivity contribution in [3.05, 3.63) is 86.1 Å². The van der Waals surface area contributed by atoms with E-state index in [2.05, 4.69) is 5.32 Å². The second kappa shape index (κ2) is 15.8. The third-order valence-electron chi connectivity index (χ3n) is 9.14. The summed E-state index contributed by atoms with van der Waals surface area (Å²) < 4.78 is 69.8. The number of aromatic nitrogens is 1. The number of alkyl halides is 3. The molecule has 13 heteroatoms. The summed E-state index contributed by atoms with van der Waals surface area (Å²) in [6, 6.07) is 4.62. The maximum absolute atomic E-state index is 15.9. The maximum atomic E-state index is 15.9. The van der Waals surface area contributed by atoms with Crippen LogP contribution in [0.4, 0.5) is 17.6 Å². The topological polar surface area (TPSA) is 110 Å². The number of aryl methyl sites for hydroxylation is 3. The summed E-state index contributed by atoms with van der Waals surface area (Å²) in [5, 5.41) is 12.5. The first-order chi connectivity index (χ1) is 23.4. The normalized spacial score (nSPS) is 15.1. The standard InChI is InChI=1S/C37H45F4N3O6/c1-20(2)10-31(44-17-24(8-9-43-18-27(19-43)50-7)29(15-32(44)45)37(39,40)41)36(48)42-30(16-33(46)47)28-14-25(11-23(5)35(28)38)34-21(3)12-26(49-6)13-22(34)4/h11-15,17,20,27,30-31H,8-10,16,18-19H2,1-7H3,(H,42,48)(H,46,47). The van der Waals surface area contributed by atoms with Crippen molar-refractivity contribution in [3.8, 4) is 16.9 Å². The van der Waals surface area contributed by atoms with E-state index in [1.807, 2.05) is 30.9 Å². The second-order valence-corrected chi connectivity index (χ2v) is 13.5. The zero-order valence-corrected chi connectivity index (χ0v) is 29.4. The van der Waals surface area contributed by atoms with Crippen LogP contribution in [0.15, 0.2) is 41.3 Å². The van der Waals surface area contributed by atoms with Gasteiger partial charge in [0.05, 0.1) is 31.2 Å². The minimum absolute atomic E-state index is 0.00230. The Morgan fingerprint density at radius 1 is 1.02 bits per heavy atom. The van der Waals surface area contributed by atoms with E-state index >= 15 is 4.39 Å². The monoisotopic (exact) mass is 703 g/mol. The average molecular weight is 704 g/mol. The van der Waals surface area contributed by atoms with E-state index < -0.39 is 53.5 Å². The third-order valence-corrected chi connectivity index (χ3v) is 9.14. The van der Waals surface area contributed by atoms with Crippen LogP contribution in [0.25, 0.3) is 11.1 Å². The summed E-state index contributed by atoms with van der Waals surface area (Å²) >= 11 is 0. The summed E-state index contributed by atoms with van der Waals surface area (Å²) in [5.74, 6) is -2.40. The number of nitrogens with zero attached hydrogens (tertiary/aromatic N) is 2. The molecule has 2 aromatic carbocycles. The molecule has 50 heavy (non-hydrogen) atoms. The zero-order chi connectivity index (χ0) is 37.1. The Kier molecular flexibility index (Phi) is 12.2. The van der Waals surface area contributed by atoms with Gasteiger partial charge < -0.3 is 24.5 Å². The van der Waals surface area contributed by atoms with Crippen LogP contribution in [0.5, 0.6) is 5.75 Å². The van der Waals surface area contributed by atoms with Gasteiger partial charge in [-0.05, 0) is 97.2 Å². The number of methoxy groups -OCH3 is 2. The van der Waals surface area contributed by atoms with E-state index in [1.165, 1.54) is 13.0 Å². The largest absolute Gasteiger partial charge is 0.497 e. The van der Waals surface area contributed by atoms with E-state index in [0.29, 0.717) is 30.5 Å². The van der Waals surface area contributed by atoms with Gasteiger partial charge in [0.2, 0.25) is 5.91 Å². The number of aliphatic carboxylic acids is 1. The van der Waals surface area contributed by atoms with Crippen LogP contribution >= 0.6 is 0 Å². The van der Waals surface area contributed by atoms with E-state index in [1.54, 1.807) is 34.1 Å². The van der Waals surface area contributed by atoms with Gasteiger partial charge in [-0.1, -0.05) is 13.8 Å². The van der Waals surface area contributed by atoms with E-state index in [-0.39, 0.29) is 48.1 Å². The summed E-state index contributed by atoms with van der Waals surface area (Å²) in [6.07, 6.45) is -4.40.